The Morgan fingerprint density at radius 1 is 0.920 bits per heavy atom. The summed E-state index contributed by atoms with van der Waals surface area (Å²) in [6, 6.07) is 16.6. The maximum Gasteiger partial charge on any atom is 0.254 e. The van der Waals surface area contributed by atoms with Crippen LogP contribution in [0.4, 0.5) is 8.78 Å². The van der Waals surface area contributed by atoms with Gasteiger partial charge in [-0.1, -0.05) is 30.3 Å². The second-order valence-electron chi connectivity index (χ2n) is 6.37. The van der Waals surface area contributed by atoms with Crippen LogP contribution in [-0.2, 0) is 6.54 Å². The molecular formula is C21H19F2NO. The number of rotatable bonds is 4. The zero-order valence-electron chi connectivity index (χ0n) is 14.2. The van der Waals surface area contributed by atoms with E-state index in [1.165, 1.54) is 12.1 Å². The SMILES string of the molecule is CC(C)N(Cc1cc(F)cc(F)c1)C(=O)c1ccc2ccccc2c1. The Balaban J connectivity index is 1.91. The first-order valence-electron chi connectivity index (χ1n) is 8.19. The lowest BCUT2D eigenvalue weighted by Crippen LogP contribution is -2.36. The standard InChI is InChI=1S/C21H19F2NO/c1-14(2)24(13-15-9-19(22)12-20(23)10-15)21(25)18-8-7-16-5-3-4-6-17(16)11-18/h3-12,14H,13H2,1-2H3. The van der Waals surface area contributed by atoms with E-state index >= 15 is 0 Å². The van der Waals surface area contributed by atoms with Crippen molar-refractivity contribution >= 4 is 16.7 Å². The molecule has 25 heavy (non-hydrogen) atoms. The van der Waals surface area contributed by atoms with Crippen LogP contribution < -0.4 is 0 Å². The minimum atomic E-state index is -0.642. The lowest BCUT2D eigenvalue weighted by molar-refractivity contribution is 0.0690. The third kappa shape index (κ3) is 3.85. The number of hydrogen-bond acceptors (Lipinski definition) is 1. The van der Waals surface area contributed by atoms with Crippen LogP contribution in [0.25, 0.3) is 10.8 Å². The molecule has 0 saturated heterocycles. The average molecular weight is 339 g/mol. The van der Waals surface area contributed by atoms with Crippen molar-refractivity contribution in [2.45, 2.75) is 26.4 Å². The Kier molecular flexibility index (Phi) is 4.79. The Bertz CT molecular complexity index is 900. The summed E-state index contributed by atoms with van der Waals surface area (Å²) in [4.78, 5) is 14.6. The molecule has 3 rings (SSSR count). The number of amides is 1. The maximum atomic E-state index is 13.4. The summed E-state index contributed by atoms with van der Waals surface area (Å²) >= 11 is 0. The Morgan fingerprint density at radius 2 is 1.56 bits per heavy atom. The van der Waals surface area contributed by atoms with Gasteiger partial charge in [0.25, 0.3) is 5.91 Å². The van der Waals surface area contributed by atoms with Gasteiger partial charge in [0.1, 0.15) is 11.6 Å². The van der Waals surface area contributed by atoms with Crippen molar-refractivity contribution in [3.05, 3.63) is 83.4 Å². The lowest BCUT2D eigenvalue weighted by Gasteiger charge is -2.27. The van der Waals surface area contributed by atoms with Crippen LogP contribution in [0.15, 0.2) is 60.7 Å². The Hall–Kier alpha value is -2.75. The molecule has 4 heteroatoms. The van der Waals surface area contributed by atoms with Gasteiger partial charge in [-0.15, -0.1) is 0 Å². The number of halogens is 2. The van der Waals surface area contributed by atoms with E-state index in [4.69, 9.17) is 0 Å². The number of benzene rings is 3. The lowest BCUT2D eigenvalue weighted by atomic mass is 10.1. The second kappa shape index (κ2) is 7.01. The summed E-state index contributed by atoms with van der Waals surface area (Å²) in [5.74, 6) is -1.45. The van der Waals surface area contributed by atoms with Crippen LogP contribution in [0.1, 0.15) is 29.8 Å². The predicted molar refractivity (Wildman–Crippen MR) is 95.3 cm³/mol. The first kappa shape index (κ1) is 17.1. The molecule has 0 aliphatic rings. The number of carbonyl (C=O) groups is 1. The molecule has 0 fully saturated rings. The average Bonchev–Trinajstić information content (AvgIpc) is 2.57. The molecule has 0 radical (unpaired) electrons. The second-order valence-corrected chi connectivity index (χ2v) is 6.37. The van der Waals surface area contributed by atoms with Crippen LogP contribution in [-0.4, -0.2) is 16.8 Å². The minimum absolute atomic E-state index is 0.106. The highest BCUT2D eigenvalue weighted by molar-refractivity contribution is 5.98. The highest BCUT2D eigenvalue weighted by Gasteiger charge is 2.20. The van der Waals surface area contributed by atoms with E-state index < -0.39 is 11.6 Å². The smallest absolute Gasteiger partial charge is 0.254 e. The van der Waals surface area contributed by atoms with E-state index in [0.717, 1.165) is 16.8 Å². The number of nitrogens with zero attached hydrogens (tertiary/aromatic N) is 1. The van der Waals surface area contributed by atoms with Crippen molar-refractivity contribution in [1.82, 2.24) is 4.90 Å². The molecule has 0 aliphatic heterocycles. The van der Waals surface area contributed by atoms with Crippen molar-refractivity contribution < 1.29 is 13.6 Å². The number of hydrogen-bond donors (Lipinski definition) is 0. The Morgan fingerprint density at radius 3 is 2.20 bits per heavy atom. The quantitative estimate of drug-likeness (QED) is 0.642. The molecule has 0 aromatic heterocycles. The fourth-order valence-electron chi connectivity index (χ4n) is 2.88. The molecule has 0 heterocycles. The van der Waals surface area contributed by atoms with Crippen LogP contribution in [0.5, 0.6) is 0 Å². The minimum Gasteiger partial charge on any atom is -0.332 e. The normalized spacial score (nSPS) is 11.1. The summed E-state index contributed by atoms with van der Waals surface area (Å²) in [7, 11) is 0. The van der Waals surface area contributed by atoms with Crippen molar-refractivity contribution in [3.8, 4) is 0 Å². The van der Waals surface area contributed by atoms with Gasteiger partial charge >= 0.3 is 0 Å². The van der Waals surface area contributed by atoms with Crippen molar-refractivity contribution in [1.29, 1.82) is 0 Å². The molecule has 0 aliphatic carbocycles. The molecule has 2 nitrogen and oxygen atoms in total. The van der Waals surface area contributed by atoms with Gasteiger partial charge < -0.3 is 4.90 Å². The Labute approximate surface area is 145 Å². The monoisotopic (exact) mass is 339 g/mol. The van der Waals surface area contributed by atoms with Crippen LogP contribution in [0.3, 0.4) is 0 Å². The number of fused-ring (bicyclic) bond motifs is 1. The van der Waals surface area contributed by atoms with Gasteiger partial charge in [-0.25, -0.2) is 8.78 Å². The van der Waals surface area contributed by atoms with E-state index in [1.54, 1.807) is 11.0 Å². The number of carbonyl (C=O) groups excluding carboxylic acids is 1. The van der Waals surface area contributed by atoms with E-state index in [1.807, 2.05) is 50.2 Å². The van der Waals surface area contributed by atoms with E-state index in [-0.39, 0.29) is 18.5 Å². The van der Waals surface area contributed by atoms with Gasteiger partial charge in [-0.05, 0) is 54.4 Å². The zero-order valence-corrected chi connectivity index (χ0v) is 14.2. The molecule has 0 atom stereocenters. The van der Waals surface area contributed by atoms with Gasteiger partial charge in [0.05, 0.1) is 0 Å². The molecule has 0 bridgehead atoms. The summed E-state index contributed by atoms with van der Waals surface area (Å²) in [5.41, 5.74) is 0.990. The maximum absolute atomic E-state index is 13.4. The summed E-state index contributed by atoms with van der Waals surface area (Å²) in [6.45, 7) is 3.92. The van der Waals surface area contributed by atoms with Crippen LogP contribution in [0.2, 0.25) is 0 Å². The van der Waals surface area contributed by atoms with Gasteiger partial charge in [-0.3, -0.25) is 4.79 Å². The van der Waals surface area contributed by atoms with Crippen molar-refractivity contribution in [2.24, 2.45) is 0 Å². The zero-order chi connectivity index (χ0) is 18.0. The van der Waals surface area contributed by atoms with Gasteiger partial charge in [0.15, 0.2) is 0 Å². The largest absolute Gasteiger partial charge is 0.332 e. The first-order valence-corrected chi connectivity index (χ1v) is 8.19. The van der Waals surface area contributed by atoms with Crippen LogP contribution >= 0.6 is 0 Å². The molecule has 1 amide bonds. The third-order valence-electron chi connectivity index (χ3n) is 4.16. The molecule has 0 saturated carbocycles. The van der Waals surface area contributed by atoms with E-state index in [0.29, 0.717) is 11.1 Å². The highest BCUT2D eigenvalue weighted by Crippen LogP contribution is 2.20. The fourth-order valence-corrected chi connectivity index (χ4v) is 2.88. The molecule has 0 unspecified atom stereocenters. The first-order chi connectivity index (χ1) is 11.9. The van der Waals surface area contributed by atoms with E-state index in [9.17, 15) is 13.6 Å². The molecule has 128 valence electrons. The van der Waals surface area contributed by atoms with Crippen molar-refractivity contribution in [3.63, 3.8) is 0 Å². The molecule has 0 spiro atoms. The van der Waals surface area contributed by atoms with Crippen molar-refractivity contribution in [2.75, 3.05) is 0 Å². The van der Waals surface area contributed by atoms with Gasteiger partial charge in [-0.2, -0.15) is 0 Å². The van der Waals surface area contributed by atoms with Gasteiger partial charge in [0.2, 0.25) is 0 Å². The summed E-state index contributed by atoms with van der Waals surface area (Å²) < 4.78 is 26.9. The summed E-state index contributed by atoms with van der Waals surface area (Å²) in [6.07, 6.45) is 0. The van der Waals surface area contributed by atoms with Gasteiger partial charge in [0, 0.05) is 24.2 Å². The molecular weight excluding hydrogens is 320 g/mol. The topological polar surface area (TPSA) is 20.3 Å². The molecule has 3 aromatic rings. The fraction of sp³-hybridized carbons (Fsp3) is 0.190. The molecule has 3 aromatic carbocycles. The third-order valence-corrected chi connectivity index (χ3v) is 4.16. The van der Waals surface area contributed by atoms with E-state index in [2.05, 4.69) is 0 Å². The summed E-state index contributed by atoms with van der Waals surface area (Å²) in [5, 5.41) is 2.04. The highest BCUT2D eigenvalue weighted by atomic mass is 19.1. The predicted octanol–water partition coefficient (Wildman–Crippen LogP) is 5.17. The van der Waals surface area contributed by atoms with Crippen LogP contribution in [0, 0.1) is 11.6 Å². The molecule has 0 N–H and O–H groups in total.